The first-order chi connectivity index (χ1) is 12.5. The number of benzene rings is 1. The highest BCUT2D eigenvalue weighted by atomic mass is 19.1. The molecule has 0 saturated carbocycles. The van der Waals surface area contributed by atoms with E-state index < -0.39 is 0 Å². The molecule has 1 saturated heterocycles. The number of piperazine rings is 1. The number of aryl methyl sites for hydroxylation is 1. The average Bonchev–Trinajstić information content (AvgIpc) is 2.94. The van der Waals surface area contributed by atoms with Crippen LogP contribution >= 0.6 is 0 Å². The minimum absolute atomic E-state index is 0.143. The van der Waals surface area contributed by atoms with Gasteiger partial charge in [0.15, 0.2) is 0 Å². The quantitative estimate of drug-likeness (QED) is 0.833. The maximum absolute atomic E-state index is 13.2. The molecule has 140 valence electrons. The van der Waals surface area contributed by atoms with Crippen LogP contribution in [0.25, 0.3) is 5.69 Å². The Morgan fingerprint density at radius 2 is 1.85 bits per heavy atom. The molecule has 1 aliphatic rings. The highest BCUT2D eigenvalue weighted by Crippen LogP contribution is 2.13. The number of hydrogen-bond donors (Lipinski definition) is 1. The number of nitrogens with zero attached hydrogens (tertiary/aromatic N) is 4. The Morgan fingerprint density at radius 1 is 1.19 bits per heavy atom. The van der Waals surface area contributed by atoms with Crippen molar-refractivity contribution in [2.75, 3.05) is 33.2 Å². The first-order valence-corrected chi connectivity index (χ1v) is 9.08. The van der Waals surface area contributed by atoms with Crippen LogP contribution in [0.4, 0.5) is 4.39 Å². The fourth-order valence-corrected chi connectivity index (χ4v) is 3.22. The van der Waals surface area contributed by atoms with Crippen LogP contribution < -0.4 is 5.56 Å². The molecule has 3 rings (SSSR count). The van der Waals surface area contributed by atoms with Crippen molar-refractivity contribution in [1.29, 1.82) is 0 Å². The molecule has 1 aliphatic heterocycles. The highest BCUT2D eigenvalue weighted by molar-refractivity contribution is 5.99. The van der Waals surface area contributed by atoms with Gasteiger partial charge in [0.1, 0.15) is 5.82 Å². The summed E-state index contributed by atoms with van der Waals surface area (Å²) in [4.78, 5) is 15.3. The molecule has 7 heteroatoms. The van der Waals surface area contributed by atoms with Gasteiger partial charge in [-0.2, -0.15) is 5.10 Å². The molecule has 1 aromatic heterocycles. The van der Waals surface area contributed by atoms with Crippen molar-refractivity contribution in [2.24, 2.45) is 5.10 Å². The Morgan fingerprint density at radius 3 is 2.46 bits per heavy atom. The average molecular weight is 359 g/mol. The number of H-pyrrole nitrogens is 1. The minimum atomic E-state index is -0.324. The number of hydrazone groups is 1. The molecule has 1 fully saturated rings. The summed E-state index contributed by atoms with van der Waals surface area (Å²) >= 11 is 0. The third-order valence-electron chi connectivity index (χ3n) is 4.68. The van der Waals surface area contributed by atoms with Gasteiger partial charge in [-0.05, 0) is 44.7 Å². The van der Waals surface area contributed by atoms with E-state index in [1.165, 1.54) is 16.8 Å². The summed E-state index contributed by atoms with van der Waals surface area (Å²) < 4.78 is 14.7. The summed E-state index contributed by atoms with van der Waals surface area (Å²) in [5, 5.41) is 9.91. The van der Waals surface area contributed by atoms with Gasteiger partial charge in [-0.1, -0.05) is 13.3 Å². The molecule has 2 aromatic rings. The summed E-state index contributed by atoms with van der Waals surface area (Å²) in [6, 6.07) is 5.90. The van der Waals surface area contributed by atoms with Gasteiger partial charge in [0.25, 0.3) is 5.56 Å². The SMILES string of the molecule is CCCc1[nH]n(-c2ccc(F)cc2)c(=O)c1/C(C)=N/N1CCN(C)CC1. The lowest BCUT2D eigenvalue weighted by Gasteiger charge is -2.30. The summed E-state index contributed by atoms with van der Waals surface area (Å²) in [6.07, 6.45) is 1.67. The first-order valence-electron chi connectivity index (χ1n) is 9.08. The van der Waals surface area contributed by atoms with Crippen LogP contribution in [0.3, 0.4) is 0 Å². The summed E-state index contributed by atoms with van der Waals surface area (Å²) in [5.74, 6) is -0.324. The molecule has 26 heavy (non-hydrogen) atoms. The van der Waals surface area contributed by atoms with Crippen LogP contribution in [0.1, 0.15) is 31.5 Å². The zero-order chi connectivity index (χ0) is 18.7. The van der Waals surface area contributed by atoms with E-state index in [0.717, 1.165) is 50.4 Å². The van der Waals surface area contributed by atoms with Gasteiger partial charge >= 0.3 is 0 Å². The van der Waals surface area contributed by atoms with Crippen LogP contribution in [-0.2, 0) is 6.42 Å². The molecule has 6 nitrogen and oxygen atoms in total. The highest BCUT2D eigenvalue weighted by Gasteiger charge is 2.19. The lowest BCUT2D eigenvalue weighted by molar-refractivity contribution is 0.159. The molecule has 2 heterocycles. The summed E-state index contributed by atoms with van der Waals surface area (Å²) in [6.45, 7) is 7.60. The zero-order valence-electron chi connectivity index (χ0n) is 15.6. The normalized spacial score (nSPS) is 16.3. The van der Waals surface area contributed by atoms with Crippen LogP contribution in [0.5, 0.6) is 0 Å². The van der Waals surface area contributed by atoms with E-state index in [4.69, 9.17) is 5.10 Å². The molecular formula is C19H26FN5O. The molecule has 0 spiro atoms. The maximum atomic E-state index is 13.2. The van der Waals surface area contributed by atoms with Crippen molar-refractivity contribution < 1.29 is 4.39 Å². The number of rotatable bonds is 5. The minimum Gasteiger partial charge on any atom is -0.303 e. The second kappa shape index (κ2) is 7.86. The van der Waals surface area contributed by atoms with Crippen molar-refractivity contribution in [1.82, 2.24) is 19.7 Å². The van der Waals surface area contributed by atoms with Crippen LogP contribution in [-0.4, -0.2) is 58.6 Å². The van der Waals surface area contributed by atoms with E-state index in [-0.39, 0.29) is 11.4 Å². The van der Waals surface area contributed by atoms with Crippen molar-refractivity contribution in [3.8, 4) is 5.69 Å². The van der Waals surface area contributed by atoms with E-state index in [0.29, 0.717) is 11.3 Å². The molecule has 0 radical (unpaired) electrons. The molecule has 0 unspecified atom stereocenters. The molecule has 1 aromatic carbocycles. The first kappa shape index (κ1) is 18.4. The van der Waals surface area contributed by atoms with E-state index in [1.54, 1.807) is 12.1 Å². The molecule has 0 bridgehead atoms. The number of nitrogens with one attached hydrogen (secondary N) is 1. The number of likely N-dealkylation sites (N-methyl/N-ethyl adjacent to an activating group) is 1. The Bertz CT molecular complexity index is 829. The summed E-state index contributed by atoms with van der Waals surface area (Å²) in [7, 11) is 2.10. The number of hydrogen-bond acceptors (Lipinski definition) is 4. The predicted octanol–water partition coefficient (Wildman–Crippen LogP) is 2.23. The zero-order valence-corrected chi connectivity index (χ0v) is 15.6. The van der Waals surface area contributed by atoms with Gasteiger partial charge in [0, 0.05) is 31.9 Å². The van der Waals surface area contributed by atoms with Gasteiger partial charge in [0.05, 0.1) is 17.0 Å². The number of aromatic nitrogens is 2. The van der Waals surface area contributed by atoms with Crippen LogP contribution in [0.15, 0.2) is 34.2 Å². The van der Waals surface area contributed by atoms with Gasteiger partial charge in [0.2, 0.25) is 0 Å². The lowest BCUT2D eigenvalue weighted by Crippen LogP contribution is -2.42. The topological polar surface area (TPSA) is 56.6 Å². The molecule has 0 aliphatic carbocycles. The Balaban J connectivity index is 1.97. The number of halogens is 1. The second-order valence-electron chi connectivity index (χ2n) is 6.77. The standard InChI is InChI=1S/C19H26FN5O/c1-4-5-17-18(14(2)21-24-12-10-23(3)11-13-24)19(26)25(22-17)16-8-6-15(20)7-9-16/h6-9,22H,4-5,10-13H2,1-3H3/b21-14+. The largest absolute Gasteiger partial charge is 0.303 e. The number of aromatic amines is 1. The van der Waals surface area contributed by atoms with E-state index >= 15 is 0 Å². The van der Waals surface area contributed by atoms with Crippen molar-refractivity contribution in [3.05, 3.63) is 51.7 Å². The third-order valence-corrected chi connectivity index (χ3v) is 4.68. The van der Waals surface area contributed by atoms with Crippen molar-refractivity contribution >= 4 is 5.71 Å². The monoisotopic (exact) mass is 359 g/mol. The van der Waals surface area contributed by atoms with E-state index in [2.05, 4.69) is 24.0 Å². The van der Waals surface area contributed by atoms with Crippen LogP contribution in [0.2, 0.25) is 0 Å². The predicted molar refractivity (Wildman–Crippen MR) is 102 cm³/mol. The fraction of sp³-hybridized carbons (Fsp3) is 0.474. The van der Waals surface area contributed by atoms with Gasteiger partial charge in [-0.15, -0.1) is 0 Å². The molecule has 0 atom stereocenters. The second-order valence-corrected chi connectivity index (χ2v) is 6.77. The smallest absolute Gasteiger partial charge is 0.280 e. The molecular weight excluding hydrogens is 333 g/mol. The fourth-order valence-electron chi connectivity index (χ4n) is 3.22. The van der Waals surface area contributed by atoms with Crippen LogP contribution in [0, 0.1) is 5.82 Å². The molecule has 1 N–H and O–H groups in total. The maximum Gasteiger partial charge on any atom is 0.280 e. The Labute approximate surface area is 152 Å². The third kappa shape index (κ3) is 3.88. The van der Waals surface area contributed by atoms with Crippen molar-refractivity contribution in [2.45, 2.75) is 26.7 Å². The van der Waals surface area contributed by atoms with Gasteiger partial charge in [-0.25, -0.2) is 9.07 Å². The van der Waals surface area contributed by atoms with Gasteiger partial charge in [-0.3, -0.25) is 14.9 Å². The lowest BCUT2D eigenvalue weighted by atomic mass is 10.1. The summed E-state index contributed by atoms with van der Waals surface area (Å²) in [5.41, 5.74) is 2.69. The molecule has 0 amide bonds. The van der Waals surface area contributed by atoms with Crippen molar-refractivity contribution in [3.63, 3.8) is 0 Å². The van der Waals surface area contributed by atoms with E-state index in [1.807, 2.05) is 11.9 Å². The van der Waals surface area contributed by atoms with E-state index in [9.17, 15) is 9.18 Å². The Hall–Kier alpha value is -2.41. The Kier molecular flexibility index (Phi) is 5.56. The van der Waals surface area contributed by atoms with Gasteiger partial charge < -0.3 is 4.90 Å².